The van der Waals surface area contributed by atoms with E-state index < -0.39 is 0 Å². The van der Waals surface area contributed by atoms with E-state index in [0.29, 0.717) is 6.04 Å². The van der Waals surface area contributed by atoms with Crippen molar-refractivity contribution >= 4 is 22.6 Å². The molecule has 3 rings (SSSR count). The molecular weight excluding hydrogens is 288 g/mol. The fourth-order valence-corrected chi connectivity index (χ4v) is 3.51. The smallest absolute Gasteiger partial charge is 0.319 e. The van der Waals surface area contributed by atoms with Gasteiger partial charge in [0.1, 0.15) is 0 Å². The van der Waals surface area contributed by atoms with Crippen LogP contribution in [0.3, 0.4) is 0 Å². The van der Waals surface area contributed by atoms with Crippen molar-refractivity contribution in [3.8, 4) is 0 Å². The van der Waals surface area contributed by atoms with E-state index in [1.807, 2.05) is 12.3 Å². The zero-order chi connectivity index (χ0) is 16.1. The van der Waals surface area contributed by atoms with Gasteiger partial charge in [-0.1, -0.05) is 26.2 Å². The minimum atomic E-state index is -0.111. The van der Waals surface area contributed by atoms with Gasteiger partial charge in [-0.25, -0.2) is 4.79 Å². The number of nitrogens with zero attached hydrogens (tertiary/aromatic N) is 1. The van der Waals surface area contributed by atoms with Gasteiger partial charge in [-0.15, -0.1) is 0 Å². The van der Waals surface area contributed by atoms with Crippen LogP contribution >= 0.6 is 0 Å². The number of carbonyl (C=O) groups excluding carboxylic acids is 1. The molecule has 2 aromatic rings. The highest BCUT2D eigenvalue weighted by Gasteiger charge is 2.22. The molecule has 0 aromatic carbocycles. The van der Waals surface area contributed by atoms with Crippen LogP contribution in [0.25, 0.3) is 10.9 Å². The maximum absolute atomic E-state index is 12.2. The van der Waals surface area contributed by atoms with Crippen LogP contribution < -0.4 is 10.6 Å². The summed E-state index contributed by atoms with van der Waals surface area (Å²) >= 11 is 0. The molecule has 5 heteroatoms. The Balaban J connectivity index is 1.49. The van der Waals surface area contributed by atoms with E-state index >= 15 is 0 Å². The van der Waals surface area contributed by atoms with Crippen molar-refractivity contribution in [3.63, 3.8) is 0 Å². The number of hydrogen-bond donors (Lipinski definition) is 3. The van der Waals surface area contributed by atoms with Crippen LogP contribution in [0.4, 0.5) is 10.5 Å². The standard InChI is InChI=1S/C18H26N4O/c1-2-3-4-13-5-7-14(8-6-13)21-18(23)22-17-12-20-16-11-19-10-9-15(16)17/h9-14,20H,2-8H2,1H3,(H2,21,22,23). The molecule has 0 atom stereocenters. The summed E-state index contributed by atoms with van der Waals surface area (Å²) < 4.78 is 0. The van der Waals surface area contributed by atoms with Gasteiger partial charge in [-0.2, -0.15) is 0 Å². The predicted molar refractivity (Wildman–Crippen MR) is 93.5 cm³/mol. The van der Waals surface area contributed by atoms with Gasteiger partial charge in [-0.3, -0.25) is 4.98 Å². The fraction of sp³-hybridized carbons (Fsp3) is 0.556. The van der Waals surface area contributed by atoms with Crippen molar-refractivity contribution in [3.05, 3.63) is 24.7 Å². The van der Waals surface area contributed by atoms with Gasteiger partial charge in [0, 0.05) is 23.8 Å². The van der Waals surface area contributed by atoms with Crippen molar-refractivity contribution in [2.75, 3.05) is 5.32 Å². The number of aromatic nitrogens is 2. The summed E-state index contributed by atoms with van der Waals surface area (Å²) in [6.45, 7) is 2.25. The van der Waals surface area contributed by atoms with Crippen molar-refractivity contribution in [1.82, 2.24) is 15.3 Å². The summed E-state index contributed by atoms with van der Waals surface area (Å²) in [4.78, 5) is 19.4. The second-order valence-electron chi connectivity index (χ2n) is 6.58. The van der Waals surface area contributed by atoms with Crippen LogP contribution in [0.5, 0.6) is 0 Å². The van der Waals surface area contributed by atoms with Crippen LogP contribution in [0.1, 0.15) is 51.9 Å². The SMILES string of the molecule is CCCCC1CCC(NC(=O)Nc2c[nH]c3cnccc23)CC1. The first-order valence-corrected chi connectivity index (χ1v) is 8.75. The number of carbonyl (C=O) groups is 1. The topological polar surface area (TPSA) is 69.8 Å². The number of rotatable bonds is 5. The van der Waals surface area contributed by atoms with Crippen LogP contribution in [-0.2, 0) is 0 Å². The van der Waals surface area contributed by atoms with Crippen LogP contribution in [0.15, 0.2) is 24.7 Å². The summed E-state index contributed by atoms with van der Waals surface area (Å²) in [5.41, 5.74) is 1.73. The van der Waals surface area contributed by atoms with Crippen molar-refractivity contribution in [2.45, 2.75) is 57.9 Å². The molecule has 0 bridgehead atoms. The molecule has 0 aliphatic heterocycles. The van der Waals surface area contributed by atoms with E-state index in [-0.39, 0.29) is 6.03 Å². The molecule has 1 aliphatic carbocycles. The molecule has 3 N–H and O–H groups in total. The van der Waals surface area contributed by atoms with Crippen LogP contribution in [-0.4, -0.2) is 22.0 Å². The predicted octanol–water partition coefficient (Wildman–Crippen LogP) is 4.43. The first-order valence-electron chi connectivity index (χ1n) is 8.75. The van der Waals surface area contributed by atoms with Gasteiger partial charge in [0.25, 0.3) is 0 Å². The third-order valence-corrected chi connectivity index (χ3v) is 4.88. The van der Waals surface area contributed by atoms with Crippen molar-refractivity contribution in [1.29, 1.82) is 0 Å². The molecular formula is C18H26N4O. The highest BCUT2D eigenvalue weighted by Crippen LogP contribution is 2.28. The van der Waals surface area contributed by atoms with E-state index in [1.54, 1.807) is 12.4 Å². The highest BCUT2D eigenvalue weighted by molar-refractivity contribution is 6.00. The highest BCUT2D eigenvalue weighted by atomic mass is 16.2. The molecule has 1 saturated carbocycles. The summed E-state index contributed by atoms with van der Waals surface area (Å²) in [6, 6.07) is 2.10. The normalized spacial score (nSPS) is 21.3. The van der Waals surface area contributed by atoms with Gasteiger partial charge in [0.15, 0.2) is 0 Å². The minimum absolute atomic E-state index is 0.111. The Morgan fingerprint density at radius 1 is 1.35 bits per heavy atom. The molecule has 0 unspecified atom stereocenters. The summed E-state index contributed by atoms with van der Waals surface area (Å²) in [5.74, 6) is 0.858. The molecule has 124 valence electrons. The Bertz CT molecular complexity index is 643. The van der Waals surface area contributed by atoms with E-state index in [9.17, 15) is 4.79 Å². The molecule has 2 aromatic heterocycles. The number of fused-ring (bicyclic) bond motifs is 1. The third kappa shape index (κ3) is 4.03. The molecule has 1 aliphatic rings. The second-order valence-corrected chi connectivity index (χ2v) is 6.58. The van der Waals surface area contributed by atoms with Crippen molar-refractivity contribution < 1.29 is 4.79 Å². The molecule has 2 amide bonds. The fourth-order valence-electron chi connectivity index (χ4n) is 3.51. The Kier molecular flexibility index (Phi) is 5.16. The first-order chi connectivity index (χ1) is 11.3. The van der Waals surface area contributed by atoms with Crippen molar-refractivity contribution in [2.24, 2.45) is 5.92 Å². The van der Waals surface area contributed by atoms with Gasteiger partial charge in [0.05, 0.1) is 17.4 Å². The lowest BCUT2D eigenvalue weighted by molar-refractivity contribution is 0.235. The number of anilines is 1. The molecule has 0 spiro atoms. The van der Waals surface area contributed by atoms with Gasteiger partial charge >= 0.3 is 6.03 Å². The third-order valence-electron chi connectivity index (χ3n) is 4.88. The van der Waals surface area contributed by atoms with E-state index in [2.05, 4.69) is 27.5 Å². The van der Waals surface area contributed by atoms with E-state index in [4.69, 9.17) is 0 Å². The summed E-state index contributed by atoms with van der Waals surface area (Å²) in [7, 11) is 0. The number of unbranched alkanes of at least 4 members (excludes halogenated alkanes) is 1. The Labute approximate surface area is 137 Å². The Morgan fingerprint density at radius 3 is 2.96 bits per heavy atom. The molecule has 23 heavy (non-hydrogen) atoms. The maximum atomic E-state index is 12.2. The molecule has 0 radical (unpaired) electrons. The average molecular weight is 314 g/mol. The van der Waals surface area contributed by atoms with Gasteiger partial charge in [-0.05, 0) is 37.7 Å². The average Bonchev–Trinajstić information content (AvgIpc) is 2.97. The number of nitrogens with one attached hydrogen (secondary N) is 3. The first kappa shape index (κ1) is 15.8. The zero-order valence-corrected chi connectivity index (χ0v) is 13.8. The monoisotopic (exact) mass is 314 g/mol. The number of amides is 2. The molecule has 5 nitrogen and oxygen atoms in total. The number of pyridine rings is 1. The largest absolute Gasteiger partial charge is 0.358 e. The lowest BCUT2D eigenvalue weighted by Crippen LogP contribution is -2.40. The van der Waals surface area contributed by atoms with E-state index in [0.717, 1.165) is 35.3 Å². The van der Waals surface area contributed by atoms with Crippen LogP contribution in [0.2, 0.25) is 0 Å². The number of urea groups is 1. The van der Waals surface area contributed by atoms with E-state index in [1.165, 1.54) is 32.1 Å². The molecule has 0 saturated heterocycles. The number of hydrogen-bond acceptors (Lipinski definition) is 2. The van der Waals surface area contributed by atoms with Gasteiger partial charge in [0.2, 0.25) is 0 Å². The maximum Gasteiger partial charge on any atom is 0.319 e. The quantitative estimate of drug-likeness (QED) is 0.764. The number of H-pyrrole nitrogens is 1. The van der Waals surface area contributed by atoms with Gasteiger partial charge < -0.3 is 15.6 Å². The zero-order valence-electron chi connectivity index (χ0n) is 13.8. The summed E-state index contributed by atoms with van der Waals surface area (Å²) in [6.07, 6.45) is 13.9. The summed E-state index contributed by atoms with van der Waals surface area (Å²) in [5, 5.41) is 7.05. The molecule has 1 fully saturated rings. The molecule has 2 heterocycles. The number of aromatic amines is 1. The second kappa shape index (κ2) is 7.49. The lowest BCUT2D eigenvalue weighted by atomic mass is 9.83. The minimum Gasteiger partial charge on any atom is -0.358 e. The van der Waals surface area contributed by atoms with Crippen LogP contribution in [0, 0.1) is 5.92 Å². The Morgan fingerprint density at radius 2 is 2.17 bits per heavy atom. The Hall–Kier alpha value is -2.04. The lowest BCUT2D eigenvalue weighted by Gasteiger charge is -2.29.